The van der Waals surface area contributed by atoms with Gasteiger partial charge in [-0.25, -0.2) is 0 Å². The summed E-state index contributed by atoms with van der Waals surface area (Å²) >= 11 is 0. The van der Waals surface area contributed by atoms with Crippen LogP contribution in [0.25, 0.3) is 0 Å². The molecule has 0 spiro atoms. The smallest absolute Gasteiger partial charge is 0.220 e. The summed E-state index contributed by atoms with van der Waals surface area (Å²) in [4.78, 5) is 11.8. The van der Waals surface area contributed by atoms with Gasteiger partial charge >= 0.3 is 0 Å². The van der Waals surface area contributed by atoms with Crippen molar-refractivity contribution in [3.63, 3.8) is 0 Å². The summed E-state index contributed by atoms with van der Waals surface area (Å²) in [6.07, 6.45) is 5.38. The third-order valence-corrected chi connectivity index (χ3v) is 4.20. The van der Waals surface area contributed by atoms with Crippen LogP contribution in [0, 0.1) is 11.8 Å². The zero-order valence-corrected chi connectivity index (χ0v) is 12.2. The predicted molar refractivity (Wildman–Crippen MR) is 73.9 cm³/mol. The van der Waals surface area contributed by atoms with Crippen LogP contribution in [0.3, 0.4) is 0 Å². The summed E-state index contributed by atoms with van der Waals surface area (Å²) in [5, 5.41) is 3.06. The highest BCUT2D eigenvalue weighted by atomic mass is 16.5. The van der Waals surface area contributed by atoms with Crippen molar-refractivity contribution in [1.29, 1.82) is 0 Å². The molecule has 0 aliphatic carbocycles. The summed E-state index contributed by atoms with van der Waals surface area (Å²) in [5.74, 6) is 1.16. The molecular weight excluding hydrogens is 242 g/mol. The van der Waals surface area contributed by atoms with Crippen LogP contribution in [-0.2, 0) is 14.3 Å². The quantitative estimate of drug-likeness (QED) is 0.803. The molecule has 0 aromatic rings. The molecule has 19 heavy (non-hydrogen) atoms. The van der Waals surface area contributed by atoms with Gasteiger partial charge in [0.05, 0.1) is 12.2 Å². The van der Waals surface area contributed by atoms with Gasteiger partial charge in [-0.3, -0.25) is 4.79 Å². The lowest BCUT2D eigenvalue weighted by atomic mass is 9.93. The lowest BCUT2D eigenvalue weighted by Gasteiger charge is -2.22. The fourth-order valence-corrected chi connectivity index (χ4v) is 3.11. The van der Waals surface area contributed by atoms with Gasteiger partial charge < -0.3 is 14.8 Å². The molecule has 0 aromatic carbocycles. The molecule has 0 unspecified atom stereocenters. The van der Waals surface area contributed by atoms with E-state index in [4.69, 9.17) is 9.47 Å². The van der Waals surface area contributed by atoms with Crippen LogP contribution >= 0.6 is 0 Å². The Balaban J connectivity index is 1.62. The lowest BCUT2D eigenvalue weighted by Crippen LogP contribution is -2.35. The van der Waals surface area contributed by atoms with Crippen molar-refractivity contribution in [2.24, 2.45) is 11.8 Å². The van der Waals surface area contributed by atoms with Crippen LogP contribution in [0.5, 0.6) is 0 Å². The molecular formula is C15H27NO3. The van der Waals surface area contributed by atoms with Gasteiger partial charge in [0.25, 0.3) is 0 Å². The molecule has 2 heterocycles. The number of nitrogens with one attached hydrogen (secondary N) is 1. The summed E-state index contributed by atoms with van der Waals surface area (Å²) in [6, 6.07) is 0. The standard InChI is InChI=1S/C15H27NO3/c1-11(2)15-12(7-9-19-15)10-16-14(17)6-5-13-4-3-8-18-13/h11-13,15H,3-10H2,1-2H3,(H,16,17)/t12-,13-,15-/m0/s1. The molecule has 0 saturated carbocycles. The largest absolute Gasteiger partial charge is 0.378 e. The van der Waals surface area contributed by atoms with E-state index in [0.717, 1.165) is 45.4 Å². The van der Waals surface area contributed by atoms with Crippen LogP contribution in [0.15, 0.2) is 0 Å². The highest BCUT2D eigenvalue weighted by Crippen LogP contribution is 2.26. The van der Waals surface area contributed by atoms with Gasteiger partial charge in [-0.05, 0) is 31.6 Å². The fourth-order valence-electron chi connectivity index (χ4n) is 3.11. The van der Waals surface area contributed by atoms with Gasteiger partial charge in [-0.1, -0.05) is 13.8 Å². The summed E-state index contributed by atoms with van der Waals surface area (Å²) in [5.41, 5.74) is 0. The van der Waals surface area contributed by atoms with Gasteiger partial charge in [-0.15, -0.1) is 0 Å². The van der Waals surface area contributed by atoms with E-state index in [0.29, 0.717) is 30.5 Å². The van der Waals surface area contributed by atoms with E-state index in [1.54, 1.807) is 0 Å². The van der Waals surface area contributed by atoms with Crippen molar-refractivity contribution in [2.75, 3.05) is 19.8 Å². The molecule has 3 atom stereocenters. The Hall–Kier alpha value is -0.610. The molecule has 0 radical (unpaired) electrons. The minimum Gasteiger partial charge on any atom is -0.378 e. The number of carbonyl (C=O) groups is 1. The Morgan fingerprint density at radius 1 is 1.26 bits per heavy atom. The average molecular weight is 269 g/mol. The molecule has 0 bridgehead atoms. The van der Waals surface area contributed by atoms with Gasteiger partial charge in [-0.2, -0.15) is 0 Å². The first-order valence-electron chi connectivity index (χ1n) is 7.66. The topological polar surface area (TPSA) is 47.6 Å². The first-order valence-corrected chi connectivity index (χ1v) is 7.66. The van der Waals surface area contributed by atoms with Gasteiger partial charge in [0, 0.05) is 32.1 Å². The number of hydrogen-bond donors (Lipinski definition) is 1. The minimum absolute atomic E-state index is 0.157. The fraction of sp³-hybridized carbons (Fsp3) is 0.933. The second-order valence-corrected chi connectivity index (χ2v) is 6.11. The molecule has 1 N–H and O–H groups in total. The maximum Gasteiger partial charge on any atom is 0.220 e. The first kappa shape index (κ1) is 14.8. The summed E-state index contributed by atoms with van der Waals surface area (Å²) in [6.45, 7) is 6.82. The molecule has 2 aliphatic heterocycles. The SMILES string of the molecule is CC(C)[C@@H]1OCC[C@H]1CNC(=O)CC[C@@H]1CCCO1. The van der Waals surface area contributed by atoms with Crippen LogP contribution < -0.4 is 5.32 Å². The molecule has 2 fully saturated rings. The monoisotopic (exact) mass is 269 g/mol. The third-order valence-electron chi connectivity index (χ3n) is 4.20. The van der Waals surface area contributed by atoms with E-state index in [-0.39, 0.29) is 5.91 Å². The highest BCUT2D eigenvalue weighted by Gasteiger charge is 2.30. The highest BCUT2D eigenvalue weighted by molar-refractivity contribution is 5.75. The summed E-state index contributed by atoms with van der Waals surface area (Å²) in [7, 11) is 0. The number of amides is 1. The van der Waals surface area contributed by atoms with E-state index >= 15 is 0 Å². The van der Waals surface area contributed by atoms with Crippen LogP contribution in [0.4, 0.5) is 0 Å². The Kier molecular flexibility index (Phi) is 5.64. The van der Waals surface area contributed by atoms with Crippen molar-refractivity contribution in [2.45, 2.75) is 58.2 Å². The zero-order chi connectivity index (χ0) is 13.7. The number of rotatable bonds is 6. The molecule has 4 nitrogen and oxygen atoms in total. The predicted octanol–water partition coefficient (Wildman–Crippen LogP) is 2.12. The van der Waals surface area contributed by atoms with E-state index < -0.39 is 0 Å². The Labute approximate surface area is 116 Å². The normalized spacial score (nSPS) is 31.0. The second-order valence-electron chi connectivity index (χ2n) is 6.11. The second kappa shape index (κ2) is 7.25. The lowest BCUT2D eigenvalue weighted by molar-refractivity contribution is -0.122. The van der Waals surface area contributed by atoms with E-state index in [2.05, 4.69) is 19.2 Å². The average Bonchev–Trinajstić information content (AvgIpc) is 3.04. The van der Waals surface area contributed by atoms with Crippen LogP contribution in [-0.4, -0.2) is 37.9 Å². The number of carbonyl (C=O) groups excluding carboxylic acids is 1. The van der Waals surface area contributed by atoms with Crippen molar-refractivity contribution < 1.29 is 14.3 Å². The third kappa shape index (κ3) is 4.46. The minimum atomic E-state index is 0.157. The Bertz CT molecular complexity index is 287. The molecule has 1 amide bonds. The number of ether oxygens (including phenoxy) is 2. The molecule has 2 saturated heterocycles. The Morgan fingerprint density at radius 3 is 2.79 bits per heavy atom. The van der Waals surface area contributed by atoms with E-state index in [9.17, 15) is 4.79 Å². The van der Waals surface area contributed by atoms with Crippen molar-refractivity contribution in [3.8, 4) is 0 Å². The van der Waals surface area contributed by atoms with Gasteiger partial charge in [0.2, 0.25) is 5.91 Å². The molecule has 0 aromatic heterocycles. The van der Waals surface area contributed by atoms with E-state index in [1.807, 2.05) is 0 Å². The van der Waals surface area contributed by atoms with Gasteiger partial charge in [0.1, 0.15) is 0 Å². The van der Waals surface area contributed by atoms with Crippen LogP contribution in [0.1, 0.15) is 46.0 Å². The maximum atomic E-state index is 11.8. The molecule has 2 aliphatic rings. The van der Waals surface area contributed by atoms with Crippen molar-refractivity contribution >= 4 is 5.91 Å². The first-order chi connectivity index (χ1) is 9.16. The van der Waals surface area contributed by atoms with E-state index in [1.165, 1.54) is 0 Å². The van der Waals surface area contributed by atoms with Crippen molar-refractivity contribution in [3.05, 3.63) is 0 Å². The van der Waals surface area contributed by atoms with Crippen molar-refractivity contribution in [1.82, 2.24) is 5.32 Å². The van der Waals surface area contributed by atoms with Gasteiger partial charge in [0.15, 0.2) is 0 Å². The molecule has 110 valence electrons. The Morgan fingerprint density at radius 2 is 2.11 bits per heavy atom. The summed E-state index contributed by atoms with van der Waals surface area (Å²) < 4.78 is 11.3. The molecule has 2 rings (SSSR count). The zero-order valence-electron chi connectivity index (χ0n) is 12.2. The number of hydrogen-bond acceptors (Lipinski definition) is 3. The molecule has 4 heteroatoms. The maximum absolute atomic E-state index is 11.8. The van der Waals surface area contributed by atoms with Crippen LogP contribution in [0.2, 0.25) is 0 Å².